The smallest absolute Gasteiger partial charge is 0.274 e. The molecule has 1 atom stereocenters. The molecule has 0 bridgehead atoms. The second kappa shape index (κ2) is 8.27. The average molecular weight is 396 g/mol. The quantitative estimate of drug-likeness (QED) is 0.667. The van der Waals surface area contributed by atoms with E-state index in [0.29, 0.717) is 42.1 Å². The summed E-state index contributed by atoms with van der Waals surface area (Å²) in [4.78, 5) is 31.2. The van der Waals surface area contributed by atoms with Crippen molar-refractivity contribution in [2.75, 3.05) is 0 Å². The molecular formula is C22H28N4O3. The Morgan fingerprint density at radius 2 is 2.17 bits per heavy atom. The normalized spacial score (nSPS) is 17.0. The summed E-state index contributed by atoms with van der Waals surface area (Å²) in [6.45, 7) is 6.33. The lowest BCUT2D eigenvalue weighted by atomic mass is 9.95. The van der Waals surface area contributed by atoms with E-state index in [0.717, 1.165) is 24.1 Å². The van der Waals surface area contributed by atoms with Crippen LogP contribution in [0.15, 0.2) is 28.0 Å². The molecule has 0 saturated heterocycles. The summed E-state index contributed by atoms with van der Waals surface area (Å²) in [6.07, 6.45) is 6.94. The maximum Gasteiger partial charge on any atom is 0.274 e. The van der Waals surface area contributed by atoms with Gasteiger partial charge in [0.05, 0.1) is 18.3 Å². The number of H-pyrrole nitrogens is 1. The molecule has 1 aromatic carbocycles. The van der Waals surface area contributed by atoms with Gasteiger partial charge in [0, 0.05) is 18.5 Å². The Bertz CT molecular complexity index is 1060. The number of aromatic amines is 1. The van der Waals surface area contributed by atoms with Crippen molar-refractivity contribution < 1.29 is 9.53 Å². The van der Waals surface area contributed by atoms with Gasteiger partial charge in [0.2, 0.25) is 11.5 Å². The highest BCUT2D eigenvalue weighted by Crippen LogP contribution is 2.27. The maximum absolute atomic E-state index is 12.2. The molecule has 2 aliphatic rings. The van der Waals surface area contributed by atoms with E-state index in [1.54, 1.807) is 4.57 Å². The van der Waals surface area contributed by atoms with Crippen LogP contribution in [0.25, 0.3) is 6.58 Å². The Labute approximate surface area is 169 Å². The summed E-state index contributed by atoms with van der Waals surface area (Å²) >= 11 is 0. The molecule has 7 heteroatoms. The van der Waals surface area contributed by atoms with Gasteiger partial charge in [-0.1, -0.05) is 31.9 Å². The summed E-state index contributed by atoms with van der Waals surface area (Å²) in [5.41, 5.74) is 2.09. The van der Waals surface area contributed by atoms with Gasteiger partial charge in [-0.05, 0) is 37.8 Å². The Hall–Kier alpha value is -2.83. The number of imidazole rings is 1. The highest BCUT2D eigenvalue weighted by molar-refractivity contribution is 5.76. The second-order valence-electron chi connectivity index (χ2n) is 8.08. The number of carbonyl (C=O) groups excluding carboxylic acids is 1. The predicted molar refractivity (Wildman–Crippen MR) is 111 cm³/mol. The number of ether oxygens (including phenoxy) is 1. The largest absolute Gasteiger partial charge is 0.491 e. The van der Waals surface area contributed by atoms with Crippen LogP contribution in [0.3, 0.4) is 0 Å². The summed E-state index contributed by atoms with van der Waals surface area (Å²) in [6, 6.07) is 6.10. The molecule has 1 aliphatic carbocycles. The molecule has 29 heavy (non-hydrogen) atoms. The van der Waals surface area contributed by atoms with Crippen molar-refractivity contribution in [2.24, 2.45) is 4.99 Å². The van der Waals surface area contributed by atoms with Crippen molar-refractivity contribution in [3.8, 4) is 5.75 Å². The molecule has 1 aliphatic heterocycles. The first-order chi connectivity index (χ1) is 14.0. The molecule has 1 amide bonds. The average Bonchev–Trinajstić information content (AvgIpc) is 2.98. The lowest BCUT2D eigenvalue weighted by molar-refractivity contribution is -0.122. The van der Waals surface area contributed by atoms with E-state index < -0.39 is 0 Å². The van der Waals surface area contributed by atoms with Gasteiger partial charge in [-0.3, -0.25) is 14.6 Å². The lowest BCUT2D eigenvalue weighted by Crippen LogP contribution is -2.36. The number of carbonyl (C=O) groups is 1. The zero-order chi connectivity index (χ0) is 20.4. The molecule has 4 rings (SSSR count). The Morgan fingerprint density at radius 1 is 1.38 bits per heavy atom. The van der Waals surface area contributed by atoms with Crippen LogP contribution in [0.5, 0.6) is 5.75 Å². The van der Waals surface area contributed by atoms with E-state index in [-0.39, 0.29) is 17.6 Å². The second-order valence-corrected chi connectivity index (χ2v) is 8.08. The first kappa shape index (κ1) is 19.5. The number of nitrogens with one attached hydrogen (secondary N) is 2. The molecule has 1 saturated carbocycles. The highest BCUT2D eigenvalue weighted by Gasteiger charge is 2.17. The van der Waals surface area contributed by atoms with Crippen molar-refractivity contribution in [3.05, 3.63) is 45.1 Å². The number of aromatic nitrogens is 2. The minimum absolute atomic E-state index is 0.0798. The molecule has 1 unspecified atom stereocenters. The van der Waals surface area contributed by atoms with Gasteiger partial charge >= 0.3 is 0 Å². The van der Waals surface area contributed by atoms with Crippen LogP contribution in [0.2, 0.25) is 0 Å². The topological polar surface area (TPSA) is 88.5 Å². The van der Waals surface area contributed by atoms with Gasteiger partial charge in [-0.15, -0.1) is 0 Å². The van der Waals surface area contributed by atoms with E-state index in [2.05, 4.69) is 21.9 Å². The minimum atomic E-state index is -0.215. The van der Waals surface area contributed by atoms with Crippen LogP contribution in [0.4, 0.5) is 5.69 Å². The molecule has 0 spiro atoms. The fraction of sp³-hybridized carbons (Fsp3) is 0.500. The van der Waals surface area contributed by atoms with E-state index in [1.807, 2.05) is 25.1 Å². The third kappa shape index (κ3) is 4.44. The minimum Gasteiger partial charge on any atom is -0.491 e. The number of fused-ring (bicyclic) bond motifs is 2. The molecule has 1 fully saturated rings. The number of rotatable bonds is 6. The van der Waals surface area contributed by atoms with Crippen LogP contribution in [-0.4, -0.2) is 27.6 Å². The third-order valence-corrected chi connectivity index (χ3v) is 5.77. The molecule has 2 aromatic rings. The fourth-order valence-electron chi connectivity index (χ4n) is 4.06. The van der Waals surface area contributed by atoms with E-state index in [4.69, 9.17) is 4.74 Å². The Kier molecular flexibility index (Phi) is 5.56. The van der Waals surface area contributed by atoms with Crippen LogP contribution in [0, 0.1) is 0 Å². The van der Waals surface area contributed by atoms with Crippen molar-refractivity contribution in [2.45, 2.75) is 70.6 Å². The Balaban J connectivity index is 1.35. The zero-order valence-corrected chi connectivity index (χ0v) is 16.9. The van der Waals surface area contributed by atoms with Crippen molar-refractivity contribution in [3.63, 3.8) is 0 Å². The molecule has 2 heterocycles. The van der Waals surface area contributed by atoms with Crippen LogP contribution in [-0.2, 0) is 11.3 Å². The molecular weight excluding hydrogens is 368 g/mol. The summed E-state index contributed by atoms with van der Waals surface area (Å²) in [5.74, 6) is 0.825. The molecule has 154 valence electrons. The summed E-state index contributed by atoms with van der Waals surface area (Å²) in [5, 5.41) is 3.56. The van der Waals surface area contributed by atoms with Gasteiger partial charge < -0.3 is 14.6 Å². The monoisotopic (exact) mass is 396 g/mol. The fourth-order valence-corrected chi connectivity index (χ4v) is 4.06. The van der Waals surface area contributed by atoms with Gasteiger partial charge in [0.15, 0.2) is 0 Å². The number of hydrogen-bond donors (Lipinski definition) is 2. The van der Waals surface area contributed by atoms with Crippen LogP contribution < -0.4 is 26.6 Å². The number of nitrogens with zero attached hydrogens (tertiary/aromatic N) is 2. The van der Waals surface area contributed by atoms with Gasteiger partial charge in [-0.25, -0.2) is 4.99 Å². The highest BCUT2D eigenvalue weighted by atomic mass is 16.5. The van der Waals surface area contributed by atoms with Crippen LogP contribution in [0.1, 0.15) is 57.4 Å². The third-order valence-electron chi connectivity index (χ3n) is 5.77. The number of amides is 1. The van der Waals surface area contributed by atoms with E-state index in [9.17, 15) is 9.59 Å². The number of hydrogen-bond acceptors (Lipinski definition) is 4. The van der Waals surface area contributed by atoms with E-state index in [1.165, 1.54) is 19.3 Å². The molecule has 2 N–H and O–H groups in total. The van der Waals surface area contributed by atoms with Gasteiger partial charge in [0.25, 0.3) is 5.56 Å². The van der Waals surface area contributed by atoms with Crippen molar-refractivity contribution >= 4 is 18.2 Å². The molecule has 7 nitrogen and oxygen atoms in total. The first-order valence-electron chi connectivity index (χ1n) is 10.4. The van der Waals surface area contributed by atoms with Gasteiger partial charge in [-0.2, -0.15) is 0 Å². The van der Waals surface area contributed by atoms with Crippen molar-refractivity contribution in [1.29, 1.82) is 0 Å². The van der Waals surface area contributed by atoms with Crippen LogP contribution >= 0.6 is 0 Å². The number of benzene rings is 1. The molecule has 0 radical (unpaired) electrons. The first-order valence-corrected chi connectivity index (χ1v) is 10.4. The molecule has 1 aromatic heterocycles. The SMILES string of the molecule is C=c1c(=O)[nH]c2n1Cc1ccc(OC(C)CCC(=O)NC3CCCCC3)cc1N=2. The van der Waals surface area contributed by atoms with Crippen molar-refractivity contribution in [1.82, 2.24) is 14.9 Å². The standard InChI is InChI=1S/C22H28N4O3/c1-14(8-11-20(27)23-17-6-4-3-5-7-17)29-18-10-9-16-13-26-15(2)21(28)25-22(26)24-19(16)12-18/h9-10,12,14,17H,2-8,11,13H2,1H3,(H,23,27)(H,24,25,28). The van der Waals surface area contributed by atoms with E-state index >= 15 is 0 Å². The maximum atomic E-state index is 12.2. The van der Waals surface area contributed by atoms with Gasteiger partial charge in [0.1, 0.15) is 11.1 Å². The zero-order valence-electron chi connectivity index (χ0n) is 16.9. The predicted octanol–water partition coefficient (Wildman–Crippen LogP) is 1.90. The summed E-state index contributed by atoms with van der Waals surface area (Å²) in [7, 11) is 0. The Morgan fingerprint density at radius 3 is 2.97 bits per heavy atom. The summed E-state index contributed by atoms with van der Waals surface area (Å²) < 4.78 is 7.78. The lowest BCUT2D eigenvalue weighted by Gasteiger charge is -2.23.